The number of benzene rings is 1. The third kappa shape index (κ3) is 4.74. The van der Waals surface area contributed by atoms with Crippen molar-refractivity contribution in [2.75, 3.05) is 0 Å². The Labute approximate surface area is 194 Å². The first-order valence-electron chi connectivity index (χ1n) is 9.25. The molecule has 0 saturated carbocycles. The van der Waals surface area contributed by atoms with Gasteiger partial charge in [0.15, 0.2) is 11.8 Å². The van der Waals surface area contributed by atoms with Crippen LogP contribution in [0.15, 0.2) is 23.3 Å². The summed E-state index contributed by atoms with van der Waals surface area (Å²) in [7, 11) is 0. The summed E-state index contributed by atoms with van der Waals surface area (Å²) in [5.74, 6) is -13.7. The molecule has 2 atom stereocenters. The maximum atomic E-state index is 14.3. The Kier molecular flexibility index (Phi) is 7.04. The van der Waals surface area contributed by atoms with Crippen molar-refractivity contribution in [1.82, 2.24) is 5.01 Å². The minimum atomic E-state index is -6.61. The summed E-state index contributed by atoms with van der Waals surface area (Å²) in [5.41, 5.74) is -6.19. The number of carbonyl (C=O) groups is 1. The van der Waals surface area contributed by atoms with Crippen molar-refractivity contribution in [3.05, 3.63) is 28.2 Å². The van der Waals surface area contributed by atoms with Crippen LogP contribution in [0.4, 0.5) is 30.7 Å². The van der Waals surface area contributed by atoms with E-state index in [9.17, 15) is 40.6 Å². The predicted molar refractivity (Wildman–Crippen MR) is 106 cm³/mol. The third-order valence-corrected chi connectivity index (χ3v) is 5.58. The van der Waals surface area contributed by atoms with Gasteiger partial charge in [-0.3, -0.25) is 4.79 Å². The molecule has 0 spiro atoms. The zero-order valence-electron chi connectivity index (χ0n) is 17.6. The number of amides is 1. The summed E-state index contributed by atoms with van der Waals surface area (Å²) in [6.45, 7) is 4.89. The van der Waals surface area contributed by atoms with Gasteiger partial charge in [0.25, 0.3) is 5.91 Å². The number of hydrazone groups is 1. The Morgan fingerprint density at radius 1 is 1.15 bits per heavy atom. The van der Waals surface area contributed by atoms with E-state index in [-0.39, 0.29) is 20.8 Å². The molecule has 1 aromatic rings. The second kappa shape index (κ2) is 8.46. The fourth-order valence-electron chi connectivity index (χ4n) is 2.88. The Balaban J connectivity index is 2.48. The van der Waals surface area contributed by atoms with Crippen LogP contribution in [-0.4, -0.2) is 51.6 Å². The lowest BCUT2D eigenvalue weighted by atomic mass is 9.79. The van der Waals surface area contributed by atoms with Gasteiger partial charge in [-0.2, -0.15) is 40.8 Å². The summed E-state index contributed by atoms with van der Waals surface area (Å²) >= 11 is 11.7. The number of carbonyl (C=O) groups excluding carboxylic acids is 1. The van der Waals surface area contributed by atoms with E-state index in [0.717, 1.165) is 6.92 Å². The van der Waals surface area contributed by atoms with Crippen LogP contribution in [0.3, 0.4) is 0 Å². The van der Waals surface area contributed by atoms with Crippen molar-refractivity contribution in [3.63, 3.8) is 0 Å². The number of rotatable bonds is 5. The molecule has 0 aromatic heterocycles. The van der Waals surface area contributed by atoms with Crippen molar-refractivity contribution in [3.8, 4) is 5.75 Å². The third-order valence-electron chi connectivity index (χ3n) is 5.05. The highest BCUT2D eigenvalue weighted by atomic mass is 35.5. The van der Waals surface area contributed by atoms with Gasteiger partial charge in [-0.15, -0.1) is 0 Å². The molecule has 1 heterocycles. The number of halogens is 9. The lowest BCUT2D eigenvalue weighted by Gasteiger charge is -2.42. The summed E-state index contributed by atoms with van der Waals surface area (Å²) in [5, 5.41) is 14.3. The predicted octanol–water partition coefficient (Wildman–Crippen LogP) is 5.92. The van der Waals surface area contributed by atoms with E-state index in [1.807, 2.05) is 0 Å². The Hall–Kier alpha value is -1.79. The molecule has 0 saturated heterocycles. The van der Waals surface area contributed by atoms with Crippen LogP contribution in [-0.2, 0) is 4.79 Å². The quantitative estimate of drug-likeness (QED) is 0.484. The van der Waals surface area contributed by atoms with Gasteiger partial charge in [-0.25, -0.2) is 0 Å². The molecule has 2 rings (SSSR count). The van der Waals surface area contributed by atoms with Crippen molar-refractivity contribution < 1.29 is 45.4 Å². The van der Waals surface area contributed by atoms with Crippen LogP contribution in [0.5, 0.6) is 5.75 Å². The van der Waals surface area contributed by atoms with Gasteiger partial charge in [0, 0.05) is 16.9 Å². The summed E-state index contributed by atoms with van der Waals surface area (Å²) < 4.78 is 99.0. The second-order valence-electron chi connectivity index (χ2n) is 8.42. The minimum Gasteiger partial charge on any atom is -0.479 e. The van der Waals surface area contributed by atoms with Crippen molar-refractivity contribution in [2.24, 2.45) is 10.5 Å². The number of hydrogen-bond acceptors (Lipinski definition) is 4. The Bertz CT molecular complexity index is 964. The first-order valence-corrected chi connectivity index (χ1v) is 10.0. The molecular weight excluding hydrogens is 508 g/mol. The Morgan fingerprint density at radius 2 is 1.70 bits per heavy atom. The van der Waals surface area contributed by atoms with Crippen LogP contribution < -0.4 is 4.74 Å². The number of ether oxygens (including phenoxy) is 1. The fourth-order valence-corrected chi connectivity index (χ4v) is 3.33. The molecule has 14 heteroatoms. The molecular formula is C19H19Cl2F7N2O3. The van der Waals surface area contributed by atoms with E-state index < -0.39 is 53.3 Å². The van der Waals surface area contributed by atoms with Gasteiger partial charge in [0.2, 0.25) is 0 Å². The molecule has 1 aromatic carbocycles. The fraction of sp³-hybridized carbons (Fsp3) is 0.579. The summed E-state index contributed by atoms with van der Waals surface area (Å²) in [6.07, 6.45) is -9.65. The molecule has 0 radical (unpaired) electrons. The molecule has 1 aliphatic rings. The van der Waals surface area contributed by atoms with Gasteiger partial charge in [-0.1, -0.05) is 44.0 Å². The van der Waals surface area contributed by atoms with Crippen LogP contribution in [0.1, 0.15) is 34.1 Å². The lowest BCUT2D eigenvalue weighted by molar-refractivity contribution is -0.336. The van der Waals surface area contributed by atoms with Gasteiger partial charge >= 0.3 is 18.0 Å². The molecule has 1 amide bonds. The highest BCUT2D eigenvalue weighted by molar-refractivity contribution is 6.35. The standard InChI is InChI=1S/C19H19Cl2F7N2O3/c1-9(33-12-6-5-10(20)7-11(12)21)14(31)30-16(32,15(2,3)4)8-13(29-30)17(22,23)18(24,25)19(26,27)28/h5-7,9,32H,8H2,1-4H3/t9-,16-/m1/s1. The average Bonchev–Trinajstić information content (AvgIpc) is 3.01. The average molecular weight is 527 g/mol. The maximum Gasteiger partial charge on any atom is 0.460 e. The minimum absolute atomic E-state index is 0.0322. The van der Waals surface area contributed by atoms with Gasteiger partial charge in [-0.05, 0) is 25.1 Å². The lowest BCUT2D eigenvalue weighted by Crippen LogP contribution is -2.59. The Morgan fingerprint density at radius 3 is 2.15 bits per heavy atom. The number of hydrogen-bond donors (Lipinski definition) is 1. The highest BCUT2D eigenvalue weighted by Gasteiger charge is 2.76. The molecule has 0 fully saturated rings. The monoisotopic (exact) mass is 526 g/mol. The van der Waals surface area contributed by atoms with Crippen molar-refractivity contribution >= 4 is 34.8 Å². The number of aliphatic hydroxyl groups is 1. The molecule has 5 nitrogen and oxygen atoms in total. The van der Waals surface area contributed by atoms with E-state index in [4.69, 9.17) is 27.9 Å². The SMILES string of the molecule is C[C@@H](Oc1ccc(Cl)cc1Cl)C(=O)N1N=C(C(F)(F)C(F)(F)C(F)(F)F)C[C@@]1(O)C(C)(C)C. The topological polar surface area (TPSA) is 62.1 Å². The molecule has 1 aliphatic heterocycles. The van der Waals surface area contributed by atoms with Crippen molar-refractivity contribution in [1.29, 1.82) is 0 Å². The zero-order valence-corrected chi connectivity index (χ0v) is 19.1. The molecule has 0 aliphatic carbocycles. The van der Waals surface area contributed by atoms with E-state index in [1.54, 1.807) is 0 Å². The molecule has 0 unspecified atom stereocenters. The normalized spacial score (nSPS) is 21.2. The van der Waals surface area contributed by atoms with Crippen LogP contribution >= 0.6 is 23.2 Å². The van der Waals surface area contributed by atoms with Crippen molar-refractivity contribution in [2.45, 2.75) is 64.0 Å². The number of alkyl halides is 7. The largest absolute Gasteiger partial charge is 0.479 e. The van der Waals surface area contributed by atoms with Crippen LogP contribution in [0.2, 0.25) is 10.0 Å². The summed E-state index contributed by atoms with van der Waals surface area (Å²) in [4.78, 5) is 12.9. The summed E-state index contributed by atoms with van der Waals surface area (Å²) in [6, 6.07) is 3.91. The van der Waals surface area contributed by atoms with E-state index in [0.29, 0.717) is 0 Å². The maximum absolute atomic E-state index is 14.3. The second-order valence-corrected chi connectivity index (χ2v) is 9.27. The molecule has 33 heavy (non-hydrogen) atoms. The van der Waals surface area contributed by atoms with Gasteiger partial charge in [0.05, 0.1) is 5.02 Å². The highest BCUT2D eigenvalue weighted by Crippen LogP contribution is 2.51. The van der Waals surface area contributed by atoms with E-state index in [1.165, 1.54) is 39.0 Å². The van der Waals surface area contributed by atoms with E-state index in [2.05, 4.69) is 5.10 Å². The first-order chi connectivity index (χ1) is 14.7. The number of nitrogens with zero attached hydrogens (tertiary/aromatic N) is 2. The first kappa shape index (κ1) is 27.5. The smallest absolute Gasteiger partial charge is 0.460 e. The zero-order chi connectivity index (χ0) is 25.8. The van der Waals surface area contributed by atoms with Gasteiger partial charge < -0.3 is 9.84 Å². The van der Waals surface area contributed by atoms with Crippen LogP contribution in [0, 0.1) is 5.41 Å². The van der Waals surface area contributed by atoms with Gasteiger partial charge in [0.1, 0.15) is 11.5 Å². The molecule has 1 N–H and O–H groups in total. The molecule has 0 bridgehead atoms. The van der Waals surface area contributed by atoms with E-state index >= 15 is 0 Å². The molecule has 186 valence electrons. The van der Waals surface area contributed by atoms with Crippen LogP contribution in [0.25, 0.3) is 0 Å².